The molecule has 3 aromatic rings. The number of benzene rings is 3. The van der Waals surface area contributed by atoms with Crippen LogP contribution >= 0.6 is 23.4 Å². The van der Waals surface area contributed by atoms with Gasteiger partial charge in [-0.25, -0.2) is 0 Å². The van der Waals surface area contributed by atoms with Crippen LogP contribution in [0.4, 0.5) is 0 Å². The molecule has 2 heterocycles. The number of nitrogens with zero attached hydrogens (tertiary/aromatic N) is 3. The molecule has 0 radical (unpaired) electrons. The van der Waals surface area contributed by atoms with Gasteiger partial charge in [0.25, 0.3) is 5.91 Å². The third-order valence-electron chi connectivity index (χ3n) is 6.07. The topological polar surface area (TPSA) is 96.6 Å². The normalized spacial score (nSPS) is 15.4. The maximum atomic E-state index is 12.9. The van der Waals surface area contributed by atoms with Crippen molar-refractivity contribution in [2.75, 3.05) is 19.8 Å². The van der Waals surface area contributed by atoms with Crippen LogP contribution in [-0.2, 0) is 11.2 Å². The van der Waals surface area contributed by atoms with Crippen molar-refractivity contribution in [3.05, 3.63) is 107 Å². The van der Waals surface area contributed by atoms with E-state index in [9.17, 15) is 4.79 Å². The zero-order valence-corrected chi connectivity index (χ0v) is 23.9. The number of para-hydroxylation sites is 1. The Hall–Kier alpha value is -4.34. The second-order valence-corrected chi connectivity index (χ2v) is 10.2. The van der Waals surface area contributed by atoms with E-state index in [0.717, 1.165) is 17.7 Å². The summed E-state index contributed by atoms with van der Waals surface area (Å²) in [5.74, 6) is 1.28. The molecule has 1 N–H and O–H groups in total. The van der Waals surface area contributed by atoms with Crippen molar-refractivity contribution in [2.45, 2.75) is 13.3 Å². The van der Waals surface area contributed by atoms with Gasteiger partial charge in [-0.3, -0.25) is 10.2 Å². The Morgan fingerprint density at radius 2 is 1.76 bits per heavy atom. The Morgan fingerprint density at radius 1 is 1.00 bits per heavy atom. The van der Waals surface area contributed by atoms with E-state index in [1.54, 1.807) is 30.3 Å². The molecule has 5 rings (SSSR count). The lowest BCUT2D eigenvalue weighted by Crippen LogP contribution is -2.35. The number of thioether (sulfide) groups is 1. The summed E-state index contributed by atoms with van der Waals surface area (Å²) in [5.41, 5.74) is 2.54. The van der Waals surface area contributed by atoms with Crippen LogP contribution in [0.3, 0.4) is 0 Å². The van der Waals surface area contributed by atoms with Crippen molar-refractivity contribution in [1.82, 2.24) is 5.01 Å². The fraction of sp³-hybridized carbons (Fsp3) is 0.161. The molecular formula is C31H27ClN4O4S. The monoisotopic (exact) mass is 586 g/mol. The van der Waals surface area contributed by atoms with Gasteiger partial charge in [0.2, 0.25) is 5.17 Å². The lowest BCUT2D eigenvalue weighted by atomic mass is 10.1. The summed E-state index contributed by atoms with van der Waals surface area (Å²) in [6.45, 7) is 6.76. The maximum Gasteiger partial charge on any atom is 0.283 e. The number of amides is 1. The number of halogens is 1. The summed E-state index contributed by atoms with van der Waals surface area (Å²) in [5, 5.41) is 16.0. The number of allylic oxidation sites excluding steroid dienone is 1. The molecule has 1 amide bonds. The van der Waals surface area contributed by atoms with Crippen LogP contribution in [0.2, 0.25) is 5.02 Å². The largest absolute Gasteiger partial charge is 0.490 e. The molecule has 2 aliphatic heterocycles. The Kier molecular flexibility index (Phi) is 8.86. The highest BCUT2D eigenvalue weighted by molar-refractivity contribution is 8.27. The number of nitrogens with one attached hydrogen (secondary N) is 1. The predicted octanol–water partition coefficient (Wildman–Crippen LogP) is 6.59. The van der Waals surface area contributed by atoms with Gasteiger partial charge < -0.3 is 14.2 Å². The smallest absolute Gasteiger partial charge is 0.283 e. The van der Waals surface area contributed by atoms with Crippen LogP contribution in [0.1, 0.15) is 23.6 Å². The van der Waals surface area contributed by atoms with E-state index in [0.29, 0.717) is 57.7 Å². The third kappa shape index (κ3) is 6.37. The van der Waals surface area contributed by atoms with Crippen LogP contribution < -0.4 is 14.2 Å². The number of aliphatic imine (C=N–C) groups is 1. The standard InChI is InChI=1S/C31H27ClN4O4S/c1-3-9-21-10-5-8-13-25(21)39-16-17-40-26-15-14-20(19-27(26)38-4-2)18-23-28(33)36-31(34-29(23)37)41-30(35-36)22-11-6-7-12-24(22)32/h3,5-8,10-15,18-19,33H,1,4,9,16-17H2,2H3/b23-18+,33-28?. The van der Waals surface area contributed by atoms with Crippen LogP contribution in [0.15, 0.2) is 95.1 Å². The van der Waals surface area contributed by atoms with E-state index < -0.39 is 5.91 Å². The summed E-state index contributed by atoms with van der Waals surface area (Å²) in [4.78, 5) is 17.1. The Morgan fingerprint density at radius 3 is 2.54 bits per heavy atom. The molecule has 0 bridgehead atoms. The molecule has 0 unspecified atom stereocenters. The molecule has 208 valence electrons. The molecule has 2 aliphatic rings. The van der Waals surface area contributed by atoms with Crippen molar-refractivity contribution >= 4 is 51.4 Å². The number of hydrogen-bond acceptors (Lipinski definition) is 7. The average molecular weight is 587 g/mol. The quantitative estimate of drug-likeness (QED) is 0.155. The van der Waals surface area contributed by atoms with E-state index in [-0.39, 0.29) is 11.4 Å². The molecule has 0 fully saturated rings. The SMILES string of the molecule is C=CCc1ccccc1OCCOc1ccc(/C=C2\C(=N)N3N=C(c4ccccc4Cl)SC3=NC2=O)cc1OCC. The van der Waals surface area contributed by atoms with E-state index in [1.807, 2.05) is 55.5 Å². The molecule has 0 spiro atoms. The lowest BCUT2D eigenvalue weighted by Gasteiger charge is -2.20. The average Bonchev–Trinajstić information content (AvgIpc) is 3.39. The molecule has 41 heavy (non-hydrogen) atoms. The first-order valence-corrected chi connectivity index (χ1v) is 14.1. The Balaban J connectivity index is 1.30. The lowest BCUT2D eigenvalue weighted by molar-refractivity contribution is -0.114. The zero-order chi connectivity index (χ0) is 28.8. The van der Waals surface area contributed by atoms with Crippen molar-refractivity contribution in [2.24, 2.45) is 10.1 Å². The van der Waals surface area contributed by atoms with E-state index in [2.05, 4.69) is 16.7 Å². The van der Waals surface area contributed by atoms with Crippen LogP contribution in [-0.4, -0.2) is 46.8 Å². The van der Waals surface area contributed by atoms with Crippen molar-refractivity contribution < 1.29 is 19.0 Å². The molecule has 10 heteroatoms. The minimum absolute atomic E-state index is 0.0678. The van der Waals surface area contributed by atoms with Gasteiger partial charge in [0.05, 0.1) is 17.2 Å². The van der Waals surface area contributed by atoms with Crippen molar-refractivity contribution in [1.29, 1.82) is 5.41 Å². The minimum Gasteiger partial charge on any atom is -0.490 e. The molecule has 0 aliphatic carbocycles. The van der Waals surface area contributed by atoms with Crippen LogP contribution in [0.5, 0.6) is 17.2 Å². The number of hydrazone groups is 1. The number of hydrogen-bond donors (Lipinski definition) is 1. The number of ether oxygens (including phenoxy) is 3. The summed E-state index contributed by atoms with van der Waals surface area (Å²) >= 11 is 7.53. The Bertz CT molecular complexity index is 1600. The summed E-state index contributed by atoms with van der Waals surface area (Å²) < 4.78 is 17.7. The predicted molar refractivity (Wildman–Crippen MR) is 165 cm³/mol. The second-order valence-electron chi connectivity index (χ2n) is 8.84. The number of rotatable bonds is 11. The first kappa shape index (κ1) is 28.2. The highest BCUT2D eigenvalue weighted by Gasteiger charge is 2.36. The van der Waals surface area contributed by atoms with E-state index >= 15 is 0 Å². The molecule has 0 saturated carbocycles. The molecule has 3 aromatic carbocycles. The highest BCUT2D eigenvalue weighted by atomic mass is 35.5. The molecule has 0 aromatic heterocycles. The van der Waals surface area contributed by atoms with Gasteiger partial charge in [-0.1, -0.05) is 60.1 Å². The van der Waals surface area contributed by atoms with Crippen LogP contribution in [0.25, 0.3) is 6.08 Å². The van der Waals surface area contributed by atoms with Gasteiger partial charge in [0, 0.05) is 5.56 Å². The fourth-order valence-electron chi connectivity index (χ4n) is 4.18. The van der Waals surface area contributed by atoms with Gasteiger partial charge in [0.1, 0.15) is 24.0 Å². The number of fused-ring (bicyclic) bond motifs is 1. The Labute approximate surface area is 247 Å². The number of carbonyl (C=O) groups excluding carboxylic acids is 1. The fourth-order valence-corrected chi connectivity index (χ4v) is 5.39. The summed E-state index contributed by atoms with van der Waals surface area (Å²) in [7, 11) is 0. The highest BCUT2D eigenvalue weighted by Crippen LogP contribution is 2.34. The molecule has 8 nitrogen and oxygen atoms in total. The van der Waals surface area contributed by atoms with Crippen LogP contribution in [0, 0.1) is 5.41 Å². The van der Waals surface area contributed by atoms with Gasteiger partial charge in [-0.15, -0.1) is 6.58 Å². The molecular weight excluding hydrogens is 560 g/mol. The first-order chi connectivity index (χ1) is 20.0. The van der Waals surface area contributed by atoms with Gasteiger partial charge in [-0.05, 0) is 66.6 Å². The van der Waals surface area contributed by atoms with E-state index in [1.165, 1.54) is 16.8 Å². The minimum atomic E-state index is -0.517. The summed E-state index contributed by atoms with van der Waals surface area (Å²) in [6.07, 6.45) is 4.16. The van der Waals surface area contributed by atoms with Crippen molar-refractivity contribution in [3.8, 4) is 17.2 Å². The number of carbonyl (C=O) groups is 1. The first-order valence-electron chi connectivity index (χ1n) is 12.9. The van der Waals surface area contributed by atoms with Gasteiger partial charge in [-0.2, -0.15) is 15.1 Å². The number of amidine groups is 2. The van der Waals surface area contributed by atoms with E-state index in [4.69, 9.17) is 31.2 Å². The molecule has 0 saturated heterocycles. The van der Waals surface area contributed by atoms with Crippen molar-refractivity contribution in [3.63, 3.8) is 0 Å². The van der Waals surface area contributed by atoms with Gasteiger partial charge >= 0.3 is 0 Å². The maximum absolute atomic E-state index is 12.9. The third-order valence-corrected chi connectivity index (χ3v) is 7.34. The second kappa shape index (κ2) is 12.9. The van der Waals surface area contributed by atoms with Gasteiger partial charge in [0.15, 0.2) is 17.3 Å². The zero-order valence-electron chi connectivity index (χ0n) is 22.3. The summed E-state index contributed by atoms with van der Waals surface area (Å²) in [6, 6.07) is 20.4. The molecule has 0 atom stereocenters.